The molecule has 0 fully saturated rings. The van der Waals surface area contributed by atoms with Crippen LogP contribution in [0.3, 0.4) is 0 Å². The molecule has 3 aromatic heterocycles. The van der Waals surface area contributed by atoms with Crippen LogP contribution in [0.25, 0.3) is 32.6 Å². The number of fused-ring (bicyclic) bond motifs is 6. The smallest absolute Gasteiger partial charge is 0.256 e. The van der Waals surface area contributed by atoms with E-state index in [4.69, 9.17) is 5.26 Å². The van der Waals surface area contributed by atoms with Gasteiger partial charge in [0.05, 0.1) is 23.2 Å². The Bertz CT molecular complexity index is 1240. The molecule has 2 N–H and O–H groups in total. The summed E-state index contributed by atoms with van der Waals surface area (Å²) in [5, 5.41) is 21.4. The van der Waals surface area contributed by atoms with Gasteiger partial charge in [-0.1, -0.05) is 13.8 Å². The zero-order valence-electron chi connectivity index (χ0n) is 13.7. The predicted octanol–water partition coefficient (Wildman–Crippen LogP) is 2.85. The predicted molar refractivity (Wildman–Crippen MR) is 93.6 cm³/mol. The molecule has 0 aliphatic rings. The number of imidazole rings is 1. The maximum absolute atomic E-state index is 12.4. The van der Waals surface area contributed by atoms with E-state index in [0.717, 1.165) is 4.73 Å². The molecule has 7 heteroatoms. The third-order valence-corrected chi connectivity index (χ3v) is 4.47. The third-order valence-electron chi connectivity index (χ3n) is 4.47. The second kappa shape index (κ2) is 5.05. The van der Waals surface area contributed by atoms with Gasteiger partial charge in [-0.2, -0.15) is 5.26 Å². The molecule has 3 heterocycles. The van der Waals surface area contributed by atoms with Crippen molar-refractivity contribution in [2.24, 2.45) is 0 Å². The van der Waals surface area contributed by atoms with Crippen molar-refractivity contribution in [2.45, 2.75) is 25.7 Å². The van der Waals surface area contributed by atoms with Gasteiger partial charge in [-0.05, 0) is 12.1 Å². The molecule has 0 aliphatic carbocycles. The molecule has 25 heavy (non-hydrogen) atoms. The monoisotopic (exact) mass is 333 g/mol. The fourth-order valence-corrected chi connectivity index (χ4v) is 3.13. The van der Waals surface area contributed by atoms with Crippen LogP contribution >= 0.6 is 0 Å². The Hall–Kier alpha value is -3.40. The Morgan fingerprint density at radius 3 is 2.68 bits per heavy atom. The molecule has 1 aromatic carbocycles. The Kier molecular flexibility index (Phi) is 3.06. The maximum atomic E-state index is 12.4. The van der Waals surface area contributed by atoms with Gasteiger partial charge in [0.15, 0.2) is 0 Å². The summed E-state index contributed by atoms with van der Waals surface area (Å²) in [6.45, 7) is 3.82. The van der Waals surface area contributed by atoms with E-state index in [0.29, 0.717) is 38.4 Å². The summed E-state index contributed by atoms with van der Waals surface area (Å²) in [6.07, 6.45) is 4.84. The van der Waals surface area contributed by atoms with Gasteiger partial charge in [0, 0.05) is 40.4 Å². The van der Waals surface area contributed by atoms with E-state index in [9.17, 15) is 10.0 Å². The first-order valence-electron chi connectivity index (χ1n) is 7.82. The SMILES string of the molecule is CC(C)(CC#N)c1nc2c3cn(O)ccc3c3c(=O)[nH]ccc3c2n1. The fraction of sp³-hybridized carbons (Fsp3) is 0.222. The second-order valence-corrected chi connectivity index (χ2v) is 6.71. The fourth-order valence-electron chi connectivity index (χ4n) is 3.13. The number of pyridine rings is 2. The van der Waals surface area contributed by atoms with Crippen LogP contribution in [0.2, 0.25) is 0 Å². The topological polar surface area (TPSA) is 108 Å². The van der Waals surface area contributed by atoms with E-state index in [1.165, 1.54) is 12.4 Å². The molecule has 4 rings (SSSR count). The molecule has 0 aliphatic heterocycles. The van der Waals surface area contributed by atoms with Crippen LogP contribution in [-0.4, -0.2) is 24.9 Å². The summed E-state index contributed by atoms with van der Waals surface area (Å²) in [4.78, 5) is 24.4. The maximum Gasteiger partial charge on any atom is 0.256 e. The molecule has 0 atom stereocenters. The van der Waals surface area contributed by atoms with E-state index >= 15 is 0 Å². The van der Waals surface area contributed by atoms with Crippen LogP contribution in [0.15, 0.2) is 35.5 Å². The van der Waals surface area contributed by atoms with Crippen LogP contribution in [0.4, 0.5) is 0 Å². The largest absolute Gasteiger partial charge is 0.429 e. The normalized spacial score (nSPS) is 12.0. The second-order valence-electron chi connectivity index (χ2n) is 6.71. The van der Waals surface area contributed by atoms with Gasteiger partial charge in [-0.25, -0.2) is 14.7 Å². The Labute approximate surface area is 142 Å². The lowest BCUT2D eigenvalue weighted by Crippen LogP contribution is -2.18. The van der Waals surface area contributed by atoms with E-state index in [-0.39, 0.29) is 12.0 Å². The highest BCUT2D eigenvalue weighted by molar-refractivity contribution is 6.22. The van der Waals surface area contributed by atoms with Crippen molar-refractivity contribution in [2.75, 3.05) is 0 Å². The molecule has 0 spiro atoms. The lowest BCUT2D eigenvalue weighted by atomic mass is 9.89. The van der Waals surface area contributed by atoms with Crippen molar-refractivity contribution in [3.63, 3.8) is 0 Å². The molecule has 7 nitrogen and oxygen atoms in total. The highest BCUT2D eigenvalue weighted by atomic mass is 16.5. The summed E-state index contributed by atoms with van der Waals surface area (Å²) in [6, 6.07) is 5.65. The standard InChI is InChI=1S/C18H15N5O2/c1-18(2,5-6-19)17-21-14-11-3-7-20-16(24)13(11)10-4-8-23(25)9-12(10)15(14)22-17/h3-4,7-9,25H,5H2,1-2H3,(H,20,24). The number of rotatable bonds is 2. The Balaban J connectivity index is 2.24. The van der Waals surface area contributed by atoms with Gasteiger partial charge in [0.25, 0.3) is 5.56 Å². The summed E-state index contributed by atoms with van der Waals surface area (Å²) in [5.41, 5.74) is 0.469. The lowest BCUT2D eigenvalue weighted by molar-refractivity contribution is 0.186. The molecule has 4 aromatic rings. The highest BCUT2D eigenvalue weighted by Crippen LogP contribution is 2.34. The zero-order valence-corrected chi connectivity index (χ0v) is 13.7. The Morgan fingerprint density at radius 1 is 1.24 bits per heavy atom. The molecule has 0 bridgehead atoms. The summed E-state index contributed by atoms with van der Waals surface area (Å²) in [5.74, 6) is 0.548. The number of hydrogen-bond acceptors (Lipinski definition) is 5. The van der Waals surface area contributed by atoms with Crippen LogP contribution in [0.1, 0.15) is 26.1 Å². The van der Waals surface area contributed by atoms with Gasteiger partial charge in [0.1, 0.15) is 11.3 Å². The van der Waals surface area contributed by atoms with Crippen LogP contribution < -0.4 is 5.56 Å². The van der Waals surface area contributed by atoms with Gasteiger partial charge < -0.3 is 10.2 Å². The van der Waals surface area contributed by atoms with Crippen molar-refractivity contribution in [3.8, 4) is 6.07 Å². The van der Waals surface area contributed by atoms with E-state index in [1.54, 1.807) is 18.3 Å². The first-order chi connectivity index (χ1) is 11.9. The molecule has 0 radical (unpaired) electrons. The molecule has 0 unspecified atom stereocenters. The van der Waals surface area contributed by atoms with Gasteiger partial charge in [-0.15, -0.1) is 0 Å². The highest BCUT2D eigenvalue weighted by Gasteiger charge is 2.27. The van der Waals surface area contributed by atoms with Crippen LogP contribution in [0.5, 0.6) is 0 Å². The minimum atomic E-state index is -0.516. The molecular formula is C18H15N5O2. The Morgan fingerprint density at radius 2 is 1.96 bits per heavy atom. The van der Waals surface area contributed by atoms with Gasteiger partial charge in [0.2, 0.25) is 0 Å². The molecule has 0 amide bonds. The van der Waals surface area contributed by atoms with Crippen molar-refractivity contribution in [3.05, 3.63) is 46.9 Å². The minimum Gasteiger partial charge on any atom is -0.429 e. The van der Waals surface area contributed by atoms with E-state index < -0.39 is 5.41 Å². The molecule has 0 saturated heterocycles. The first-order valence-corrected chi connectivity index (χ1v) is 7.82. The molecule has 0 saturated carbocycles. The van der Waals surface area contributed by atoms with Crippen LogP contribution in [-0.2, 0) is 5.41 Å². The average molecular weight is 333 g/mol. The molecular weight excluding hydrogens is 318 g/mol. The van der Waals surface area contributed by atoms with Crippen molar-refractivity contribution < 1.29 is 5.21 Å². The average Bonchev–Trinajstić information content (AvgIpc) is 3.02. The van der Waals surface area contributed by atoms with Crippen LogP contribution in [0, 0.1) is 11.3 Å². The number of benzene rings is 1. The summed E-state index contributed by atoms with van der Waals surface area (Å²) in [7, 11) is 0. The zero-order chi connectivity index (χ0) is 17.8. The summed E-state index contributed by atoms with van der Waals surface area (Å²) < 4.78 is 0.930. The van der Waals surface area contributed by atoms with Crippen molar-refractivity contribution in [1.29, 1.82) is 5.26 Å². The van der Waals surface area contributed by atoms with Gasteiger partial charge in [-0.3, -0.25) is 4.79 Å². The number of nitrogens with one attached hydrogen (secondary N) is 1. The van der Waals surface area contributed by atoms with Crippen molar-refractivity contribution >= 4 is 32.6 Å². The summed E-state index contributed by atoms with van der Waals surface area (Å²) >= 11 is 0. The molecule has 124 valence electrons. The number of nitriles is 1. The van der Waals surface area contributed by atoms with Crippen molar-refractivity contribution in [1.82, 2.24) is 19.7 Å². The number of aromatic nitrogens is 4. The number of H-pyrrole nitrogens is 1. The van der Waals surface area contributed by atoms with Gasteiger partial charge >= 0.3 is 0 Å². The van der Waals surface area contributed by atoms with E-state index in [1.807, 2.05) is 13.8 Å². The number of hydrogen-bond donors (Lipinski definition) is 2. The first kappa shape index (κ1) is 15.1. The number of aromatic amines is 1. The van der Waals surface area contributed by atoms with E-state index in [2.05, 4.69) is 21.0 Å². The number of nitrogens with zero attached hydrogens (tertiary/aromatic N) is 4. The quantitative estimate of drug-likeness (QED) is 0.433. The lowest BCUT2D eigenvalue weighted by Gasteiger charge is -2.16. The minimum absolute atomic E-state index is 0.221. The third kappa shape index (κ3) is 2.15.